The van der Waals surface area contributed by atoms with Gasteiger partial charge in [0, 0.05) is 17.1 Å². The molecule has 3 N–H and O–H groups in total. The van der Waals surface area contributed by atoms with E-state index in [0.717, 1.165) is 18.2 Å². The predicted molar refractivity (Wildman–Crippen MR) is 70.3 cm³/mol. The number of halogens is 3. The Morgan fingerprint density at radius 2 is 2.00 bits per heavy atom. The zero-order chi connectivity index (χ0) is 15.8. The number of nitrogens with zero attached hydrogens (tertiary/aromatic N) is 1. The van der Waals surface area contributed by atoms with Crippen LogP contribution in [0.5, 0.6) is 0 Å². The molecule has 0 aliphatic carbocycles. The van der Waals surface area contributed by atoms with Gasteiger partial charge in [-0.1, -0.05) is 0 Å². The Balaban J connectivity index is 2.76. The summed E-state index contributed by atoms with van der Waals surface area (Å²) < 4.78 is 39.7. The van der Waals surface area contributed by atoms with Gasteiger partial charge in [-0.05, 0) is 25.1 Å². The first kappa shape index (κ1) is 15.0. The minimum absolute atomic E-state index is 0.0402. The third-order valence-corrected chi connectivity index (χ3v) is 3.11. The number of amides is 1. The first-order chi connectivity index (χ1) is 9.74. The maximum Gasteiger partial charge on any atom is 0.416 e. The van der Waals surface area contributed by atoms with Crippen molar-refractivity contribution in [2.75, 3.05) is 0 Å². The molecule has 0 aliphatic heterocycles. The third-order valence-electron chi connectivity index (χ3n) is 3.11. The zero-order valence-electron chi connectivity index (χ0n) is 11.0. The summed E-state index contributed by atoms with van der Waals surface area (Å²) in [6, 6.07) is 4.07. The molecule has 0 spiro atoms. The minimum Gasteiger partial charge on any atom is -0.335 e. The highest BCUT2D eigenvalue weighted by Crippen LogP contribution is 2.31. The number of pyridine rings is 1. The molecule has 21 heavy (non-hydrogen) atoms. The largest absolute Gasteiger partial charge is 0.416 e. The van der Waals surface area contributed by atoms with Gasteiger partial charge in [0.1, 0.15) is 6.54 Å². The topological polar surface area (TPSA) is 77.1 Å². The molecule has 0 saturated carbocycles. The van der Waals surface area contributed by atoms with Gasteiger partial charge in [0.2, 0.25) is 0 Å². The van der Waals surface area contributed by atoms with Gasteiger partial charge in [-0.15, -0.1) is 0 Å². The van der Waals surface area contributed by atoms with Crippen molar-refractivity contribution >= 4 is 16.8 Å². The number of alkyl halides is 3. The van der Waals surface area contributed by atoms with Gasteiger partial charge in [-0.25, -0.2) is 5.84 Å². The van der Waals surface area contributed by atoms with E-state index in [1.165, 1.54) is 17.6 Å². The van der Waals surface area contributed by atoms with Crippen LogP contribution in [-0.4, -0.2) is 10.5 Å². The first-order valence-corrected chi connectivity index (χ1v) is 5.95. The molecule has 0 fully saturated rings. The first-order valence-electron chi connectivity index (χ1n) is 5.95. The van der Waals surface area contributed by atoms with Crippen molar-refractivity contribution in [2.45, 2.75) is 19.6 Å². The lowest BCUT2D eigenvalue weighted by molar-refractivity contribution is -0.137. The summed E-state index contributed by atoms with van der Waals surface area (Å²) in [4.78, 5) is 23.2. The third kappa shape index (κ3) is 2.89. The Hall–Kier alpha value is -2.35. The maximum atomic E-state index is 12.8. The van der Waals surface area contributed by atoms with E-state index in [-0.39, 0.29) is 17.4 Å². The van der Waals surface area contributed by atoms with E-state index >= 15 is 0 Å². The van der Waals surface area contributed by atoms with E-state index in [2.05, 4.69) is 0 Å². The number of fused-ring (bicyclic) bond motifs is 1. The van der Waals surface area contributed by atoms with Gasteiger partial charge in [0.15, 0.2) is 5.43 Å². The van der Waals surface area contributed by atoms with Gasteiger partial charge >= 0.3 is 6.18 Å². The molecule has 1 heterocycles. The standard InChI is InChI=1S/C13H12F3N3O2/c1-7-4-11(20)9-3-2-8(13(14,15)16)5-10(9)19(7)6-12(21)18-17/h2-5H,6,17H2,1H3,(H,18,21). The second kappa shape index (κ2) is 5.21. The van der Waals surface area contributed by atoms with Gasteiger partial charge in [0.05, 0.1) is 11.1 Å². The molecule has 5 nitrogen and oxygen atoms in total. The molecule has 0 aliphatic rings. The van der Waals surface area contributed by atoms with E-state index in [4.69, 9.17) is 5.84 Å². The molecule has 8 heteroatoms. The Kier molecular flexibility index (Phi) is 3.73. The fraction of sp³-hybridized carbons (Fsp3) is 0.231. The molecule has 2 aromatic rings. The van der Waals surface area contributed by atoms with E-state index < -0.39 is 23.1 Å². The van der Waals surface area contributed by atoms with Gasteiger partial charge in [0.25, 0.3) is 5.91 Å². The molecule has 1 aromatic carbocycles. The number of hydrogen-bond donors (Lipinski definition) is 2. The van der Waals surface area contributed by atoms with Crippen molar-refractivity contribution in [3.05, 3.63) is 45.7 Å². The summed E-state index contributed by atoms with van der Waals surface area (Å²) in [5.74, 6) is 4.41. The van der Waals surface area contributed by atoms with E-state index in [1.54, 1.807) is 0 Å². The molecular weight excluding hydrogens is 287 g/mol. The molecule has 0 radical (unpaired) electrons. The van der Waals surface area contributed by atoms with E-state index in [0.29, 0.717) is 5.69 Å². The van der Waals surface area contributed by atoms with Crippen LogP contribution in [0.4, 0.5) is 13.2 Å². The number of aryl methyl sites for hydroxylation is 1. The molecule has 2 rings (SSSR count). The average Bonchev–Trinajstić information content (AvgIpc) is 2.41. The summed E-state index contributed by atoms with van der Waals surface area (Å²) in [6.45, 7) is 1.26. The van der Waals surface area contributed by atoms with Crippen molar-refractivity contribution in [2.24, 2.45) is 5.84 Å². The fourth-order valence-electron chi connectivity index (χ4n) is 2.07. The van der Waals surface area contributed by atoms with Gasteiger partial charge in [-0.2, -0.15) is 13.2 Å². The van der Waals surface area contributed by atoms with Crippen LogP contribution in [-0.2, 0) is 17.5 Å². The van der Waals surface area contributed by atoms with Crippen LogP contribution in [0.15, 0.2) is 29.1 Å². The number of nitrogens with one attached hydrogen (secondary N) is 1. The van der Waals surface area contributed by atoms with Crippen LogP contribution in [0.2, 0.25) is 0 Å². The molecular formula is C13H12F3N3O2. The summed E-state index contributed by atoms with van der Waals surface area (Å²) >= 11 is 0. The maximum absolute atomic E-state index is 12.8. The zero-order valence-corrected chi connectivity index (χ0v) is 11.0. The van der Waals surface area contributed by atoms with E-state index in [9.17, 15) is 22.8 Å². The van der Waals surface area contributed by atoms with Crippen molar-refractivity contribution in [1.82, 2.24) is 9.99 Å². The Morgan fingerprint density at radius 3 is 2.57 bits per heavy atom. The van der Waals surface area contributed by atoms with Crippen molar-refractivity contribution < 1.29 is 18.0 Å². The Morgan fingerprint density at radius 1 is 1.33 bits per heavy atom. The van der Waals surface area contributed by atoms with Crippen LogP contribution in [0.3, 0.4) is 0 Å². The van der Waals surface area contributed by atoms with Crippen LogP contribution >= 0.6 is 0 Å². The normalized spacial score (nSPS) is 11.7. The lowest BCUT2D eigenvalue weighted by Crippen LogP contribution is -2.34. The Labute approximate surface area is 117 Å². The highest BCUT2D eigenvalue weighted by Gasteiger charge is 2.31. The molecule has 0 saturated heterocycles. The average molecular weight is 299 g/mol. The quantitative estimate of drug-likeness (QED) is 0.499. The number of hydrazine groups is 1. The summed E-state index contributed by atoms with van der Waals surface area (Å²) in [6.07, 6.45) is -4.53. The fourth-order valence-corrected chi connectivity index (χ4v) is 2.07. The number of hydrogen-bond acceptors (Lipinski definition) is 3. The highest BCUT2D eigenvalue weighted by molar-refractivity contribution is 5.83. The number of carbonyl (C=O) groups is 1. The van der Waals surface area contributed by atoms with E-state index in [1.807, 2.05) is 5.43 Å². The van der Waals surface area contributed by atoms with Crippen LogP contribution in [0.1, 0.15) is 11.3 Å². The molecule has 112 valence electrons. The van der Waals surface area contributed by atoms with Crippen LogP contribution < -0.4 is 16.7 Å². The van der Waals surface area contributed by atoms with Crippen LogP contribution in [0, 0.1) is 6.92 Å². The minimum atomic E-state index is -4.53. The van der Waals surface area contributed by atoms with Crippen molar-refractivity contribution in [3.8, 4) is 0 Å². The van der Waals surface area contributed by atoms with Gasteiger partial charge < -0.3 is 4.57 Å². The Bertz CT molecular complexity index is 766. The second-order valence-electron chi connectivity index (χ2n) is 4.53. The molecule has 1 amide bonds. The summed E-state index contributed by atoms with van der Waals surface area (Å²) in [5.41, 5.74) is 1.03. The SMILES string of the molecule is Cc1cc(=O)c2ccc(C(F)(F)F)cc2n1CC(=O)NN. The summed E-state index contributed by atoms with van der Waals surface area (Å²) in [7, 11) is 0. The number of benzene rings is 1. The lowest BCUT2D eigenvalue weighted by atomic mass is 10.1. The number of rotatable bonds is 2. The van der Waals surface area contributed by atoms with Crippen molar-refractivity contribution in [1.29, 1.82) is 0 Å². The predicted octanol–water partition coefficient (Wildman–Crippen LogP) is 1.32. The molecule has 0 unspecified atom stereocenters. The number of carbonyl (C=O) groups excluding carboxylic acids is 1. The summed E-state index contributed by atoms with van der Waals surface area (Å²) in [5, 5.41) is 0.110. The second-order valence-corrected chi connectivity index (χ2v) is 4.53. The monoisotopic (exact) mass is 299 g/mol. The molecule has 1 aromatic heterocycles. The highest BCUT2D eigenvalue weighted by atomic mass is 19.4. The molecule has 0 atom stereocenters. The smallest absolute Gasteiger partial charge is 0.335 e. The number of aromatic nitrogens is 1. The number of nitrogens with two attached hydrogens (primary N) is 1. The van der Waals surface area contributed by atoms with Crippen molar-refractivity contribution in [3.63, 3.8) is 0 Å². The lowest BCUT2D eigenvalue weighted by Gasteiger charge is -2.15. The van der Waals surface area contributed by atoms with Crippen LogP contribution in [0.25, 0.3) is 10.9 Å². The molecule has 0 bridgehead atoms. The van der Waals surface area contributed by atoms with Gasteiger partial charge in [-0.3, -0.25) is 15.0 Å².